The van der Waals surface area contributed by atoms with Crippen molar-refractivity contribution in [2.24, 2.45) is 0 Å². The second kappa shape index (κ2) is 9.92. The first-order chi connectivity index (χ1) is 12.7. The van der Waals surface area contributed by atoms with Crippen molar-refractivity contribution >= 4 is 8.32 Å². The van der Waals surface area contributed by atoms with Crippen LogP contribution in [0.1, 0.15) is 91.9 Å². The van der Waals surface area contributed by atoms with Crippen molar-refractivity contribution in [3.8, 4) is 11.8 Å². The molecule has 1 saturated heterocycles. The van der Waals surface area contributed by atoms with Crippen LogP contribution in [-0.4, -0.2) is 32.9 Å². The molecule has 0 N–H and O–H groups in total. The second-order valence-corrected chi connectivity index (χ2v) is 14.6. The molecule has 0 aromatic rings. The van der Waals surface area contributed by atoms with Crippen molar-refractivity contribution in [3.05, 3.63) is 0 Å². The van der Waals surface area contributed by atoms with Crippen LogP contribution in [0.3, 0.4) is 0 Å². The van der Waals surface area contributed by atoms with Crippen LogP contribution in [0.15, 0.2) is 0 Å². The lowest BCUT2D eigenvalue weighted by molar-refractivity contribution is -0.194. The average Bonchev–Trinajstić information content (AvgIpc) is 3.00. The molecule has 156 valence electrons. The van der Waals surface area contributed by atoms with Gasteiger partial charge in [-0.2, -0.15) is 0 Å². The Balaban J connectivity index is 2.03. The molecule has 0 aromatic carbocycles. The Morgan fingerprint density at radius 3 is 2.44 bits per heavy atom. The number of unbranched alkanes of at least 4 members (excludes halogenated alkanes) is 3. The van der Waals surface area contributed by atoms with Gasteiger partial charge in [0.05, 0.1) is 12.7 Å². The lowest BCUT2D eigenvalue weighted by atomic mass is 9.94. The summed E-state index contributed by atoms with van der Waals surface area (Å²) in [6, 6.07) is 0. The van der Waals surface area contributed by atoms with Crippen molar-refractivity contribution in [3.63, 3.8) is 0 Å². The summed E-state index contributed by atoms with van der Waals surface area (Å²) < 4.78 is 19.5. The van der Waals surface area contributed by atoms with E-state index < -0.39 is 8.32 Å². The Morgan fingerprint density at radius 1 is 1.11 bits per heavy atom. The SMILES string of the molecule is CCCCCC#CC[C@H](O[Si](C)(C)C(C)(C)C)[C@H]1COC2(CCCCC2)O1. The normalized spacial score (nSPS) is 23.9. The third-order valence-electron chi connectivity index (χ3n) is 6.49. The Bertz CT molecular complexity index is 506. The van der Waals surface area contributed by atoms with E-state index in [1.54, 1.807) is 0 Å². The summed E-state index contributed by atoms with van der Waals surface area (Å²) >= 11 is 0. The largest absolute Gasteiger partial charge is 0.410 e. The van der Waals surface area contributed by atoms with Crippen molar-refractivity contribution in [2.75, 3.05) is 6.61 Å². The van der Waals surface area contributed by atoms with Gasteiger partial charge in [-0.3, -0.25) is 0 Å². The van der Waals surface area contributed by atoms with Crippen molar-refractivity contribution in [2.45, 2.75) is 128 Å². The van der Waals surface area contributed by atoms with Crippen LogP contribution in [0.25, 0.3) is 0 Å². The molecule has 2 aliphatic rings. The first-order valence-corrected chi connectivity index (χ1v) is 14.1. The quantitative estimate of drug-likeness (QED) is 0.283. The molecular weight excluding hydrogens is 352 g/mol. The van der Waals surface area contributed by atoms with Gasteiger partial charge in [-0.25, -0.2) is 0 Å². The highest BCUT2D eigenvalue weighted by Gasteiger charge is 2.47. The summed E-state index contributed by atoms with van der Waals surface area (Å²) in [5.41, 5.74) is 0. The lowest BCUT2D eigenvalue weighted by Gasteiger charge is -2.40. The minimum absolute atomic E-state index is 0.0159. The highest BCUT2D eigenvalue weighted by atomic mass is 28.4. The fourth-order valence-electron chi connectivity index (χ4n) is 3.64. The van der Waals surface area contributed by atoms with Gasteiger partial charge in [-0.15, -0.1) is 11.8 Å². The molecule has 1 aliphatic carbocycles. The molecule has 27 heavy (non-hydrogen) atoms. The summed E-state index contributed by atoms with van der Waals surface area (Å²) in [4.78, 5) is 0. The summed E-state index contributed by atoms with van der Waals surface area (Å²) in [6.45, 7) is 14.4. The molecule has 0 radical (unpaired) electrons. The first-order valence-electron chi connectivity index (χ1n) is 11.1. The Labute approximate surface area is 169 Å². The van der Waals surface area contributed by atoms with E-state index in [0.717, 1.165) is 25.7 Å². The van der Waals surface area contributed by atoms with E-state index >= 15 is 0 Å². The third kappa shape index (κ3) is 6.60. The highest BCUT2D eigenvalue weighted by Crippen LogP contribution is 2.42. The summed E-state index contributed by atoms with van der Waals surface area (Å²) in [6.07, 6.45) is 11.3. The van der Waals surface area contributed by atoms with Crippen molar-refractivity contribution in [1.29, 1.82) is 0 Å². The van der Waals surface area contributed by atoms with E-state index in [1.165, 1.54) is 38.5 Å². The number of rotatable bonds is 7. The zero-order chi connectivity index (χ0) is 20.0. The van der Waals surface area contributed by atoms with Crippen LogP contribution in [0.2, 0.25) is 18.1 Å². The van der Waals surface area contributed by atoms with E-state index in [9.17, 15) is 0 Å². The van der Waals surface area contributed by atoms with Gasteiger partial charge >= 0.3 is 0 Å². The maximum absolute atomic E-state index is 6.78. The number of ether oxygens (including phenoxy) is 2. The van der Waals surface area contributed by atoms with Crippen molar-refractivity contribution < 1.29 is 13.9 Å². The Kier molecular flexibility index (Phi) is 8.43. The molecule has 2 fully saturated rings. The van der Waals surface area contributed by atoms with Gasteiger partial charge in [0.2, 0.25) is 0 Å². The molecule has 4 heteroatoms. The van der Waals surface area contributed by atoms with Gasteiger partial charge in [0.15, 0.2) is 14.1 Å². The smallest absolute Gasteiger partial charge is 0.192 e. The van der Waals surface area contributed by atoms with E-state index in [2.05, 4.69) is 52.6 Å². The fourth-order valence-corrected chi connectivity index (χ4v) is 4.99. The fraction of sp³-hybridized carbons (Fsp3) is 0.913. The van der Waals surface area contributed by atoms with Crippen LogP contribution in [-0.2, 0) is 13.9 Å². The Hall–Kier alpha value is -0.343. The molecule has 0 amide bonds. The van der Waals surface area contributed by atoms with Gasteiger partial charge < -0.3 is 13.9 Å². The molecule has 1 heterocycles. The van der Waals surface area contributed by atoms with Crippen LogP contribution in [0.5, 0.6) is 0 Å². The Morgan fingerprint density at radius 2 is 1.81 bits per heavy atom. The van der Waals surface area contributed by atoms with Crippen LogP contribution in [0.4, 0.5) is 0 Å². The van der Waals surface area contributed by atoms with Gasteiger partial charge in [0.1, 0.15) is 6.10 Å². The molecular formula is C23H42O3Si. The second-order valence-electron chi connectivity index (χ2n) is 9.87. The van der Waals surface area contributed by atoms with Crippen LogP contribution in [0, 0.1) is 11.8 Å². The summed E-state index contributed by atoms with van der Waals surface area (Å²) in [7, 11) is -1.88. The molecule has 2 rings (SSSR count). The van der Waals surface area contributed by atoms with Gasteiger partial charge in [0, 0.05) is 25.7 Å². The molecule has 1 aliphatic heterocycles. The van der Waals surface area contributed by atoms with Crippen molar-refractivity contribution in [1.82, 2.24) is 0 Å². The van der Waals surface area contributed by atoms with Gasteiger partial charge in [-0.05, 0) is 37.4 Å². The topological polar surface area (TPSA) is 27.7 Å². The molecule has 1 spiro atoms. The van der Waals surface area contributed by atoms with Crippen LogP contribution >= 0.6 is 0 Å². The minimum atomic E-state index is -1.88. The predicted molar refractivity (Wildman–Crippen MR) is 115 cm³/mol. The number of hydrogen-bond donors (Lipinski definition) is 0. The molecule has 0 bridgehead atoms. The van der Waals surface area contributed by atoms with E-state index in [4.69, 9.17) is 13.9 Å². The van der Waals surface area contributed by atoms with Gasteiger partial charge in [-0.1, -0.05) is 47.0 Å². The number of hydrogen-bond acceptors (Lipinski definition) is 3. The molecule has 0 unspecified atom stereocenters. The maximum atomic E-state index is 6.78. The highest BCUT2D eigenvalue weighted by molar-refractivity contribution is 6.74. The minimum Gasteiger partial charge on any atom is -0.410 e. The zero-order valence-corrected chi connectivity index (χ0v) is 19.7. The predicted octanol–water partition coefficient (Wildman–Crippen LogP) is 6.43. The average molecular weight is 395 g/mol. The van der Waals surface area contributed by atoms with E-state index in [0.29, 0.717) is 6.61 Å². The molecule has 3 nitrogen and oxygen atoms in total. The standard InChI is InChI=1S/C23H42O3Si/c1-7-8-9-10-11-13-16-20(26-27(5,6)22(2,3)4)21-19-24-23(25-21)17-14-12-15-18-23/h20-21H,7-10,12,14-19H2,1-6H3/t20-,21+/m0/s1. The van der Waals surface area contributed by atoms with Crippen LogP contribution < -0.4 is 0 Å². The molecule has 1 saturated carbocycles. The monoisotopic (exact) mass is 394 g/mol. The maximum Gasteiger partial charge on any atom is 0.192 e. The zero-order valence-electron chi connectivity index (χ0n) is 18.7. The summed E-state index contributed by atoms with van der Waals surface area (Å²) in [5.74, 6) is 6.42. The first kappa shape index (κ1) is 22.9. The van der Waals surface area contributed by atoms with E-state index in [-0.39, 0.29) is 23.0 Å². The molecule has 0 aromatic heterocycles. The summed E-state index contributed by atoms with van der Waals surface area (Å²) in [5, 5.41) is 0.182. The molecule has 2 atom stereocenters. The third-order valence-corrected chi connectivity index (χ3v) is 11.0. The van der Waals surface area contributed by atoms with Gasteiger partial charge in [0.25, 0.3) is 0 Å². The lowest BCUT2D eigenvalue weighted by Crippen LogP contribution is -2.48. The van der Waals surface area contributed by atoms with E-state index in [1.807, 2.05) is 0 Å².